The van der Waals surface area contributed by atoms with Crippen LogP contribution in [-0.4, -0.2) is 5.97 Å². The van der Waals surface area contributed by atoms with E-state index in [-0.39, 0.29) is 5.75 Å². The molecule has 1 rings (SSSR count). The van der Waals surface area contributed by atoms with E-state index in [4.69, 9.17) is 4.74 Å². The number of hydrogen-bond acceptors (Lipinski definition) is 2. The summed E-state index contributed by atoms with van der Waals surface area (Å²) in [6.45, 7) is 2.84. The van der Waals surface area contributed by atoms with Gasteiger partial charge >= 0.3 is 5.97 Å². The second-order valence-corrected chi connectivity index (χ2v) is 3.46. The zero-order valence-electron chi connectivity index (χ0n) is 7.23. The van der Waals surface area contributed by atoms with Gasteiger partial charge in [-0.1, -0.05) is 6.07 Å². The molecule has 2 nitrogen and oxygen atoms in total. The van der Waals surface area contributed by atoms with Crippen LogP contribution in [0.15, 0.2) is 16.6 Å². The maximum absolute atomic E-state index is 13.3. The lowest BCUT2D eigenvalue weighted by Gasteiger charge is -2.06. The molecular formula is C9H8BrFO2. The van der Waals surface area contributed by atoms with Crippen molar-refractivity contribution in [2.75, 3.05) is 0 Å². The molecule has 0 aliphatic rings. The molecule has 0 aliphatic heterocycles. The summed E-state index contributed by atoms with van der Waals surface area (Å²) < 4.78 is 18.4. The molecule has 4 heteroatoms. The molecule has 0 aromatic heterocycles. The molecule has 0 fully saturated rings. The molecule has 0 unspecified atom stereocenters. The van der Waals surface area contributed by atoms with Gasteiger partial charge in [0, 0.05) is 6.92 Å². The van der Waals surface area contributed by atoms with Crippen molar-refractivity contribution in [3.63, 3.8) is 0 Å². The van der Waals surface area contributed by atoms with Crippen LogP contribution in [0.5, 0.6) is 5.75 Å². The molecule has 0 N–H and O–H groups in total. The van der Waals surface area contributed by atoms with Crippen molar-refractivity contribution >= 4 is 21.9 Å². The summed E-state index contributed by atoms with van der Waals surface area (Å²) in [4.78, 5) is 10.6. The molecule has 70 valence electrons. The van der Waals surface area contributed by atoms with Crippen molar-refractivity contribution < 1.29 is 13.9 Å². The van der Waals surface area contributed by atoms with Crippen molar-refractivity contribution in [1.29, 1.82) is 0 Å². The van der Waals surface area contributed by atoms with Gasteiger partial charge in [0.05, 0.1) is 4.47 Å². The van der Waals surface area contributed by atoms with Crippen LogP contribution in [0.2, 0.25) is 0 Å². The topological polar surface area (TPSA) is 26.3 Å². The number of halogens is 2. The van der Waals surface area contributed by atoms with Gasteiger partial charge in [0.1, 0.15) is 0 Å². The first-order valence-electron chi connectivity index (χ1n) is 3.65. The van der Waals surface area contributed by atoms with Crippen LogP contribution in [-0.2, 0) is 4.79 Å². The van der Waals surface area contributed by atoms with Gasteiger partial charge in [-0.2, -0.15) is 0 Å². The number of carbonyl (C=O) groups is 1. The van der Waals surface area contributed by atoms with E-state index in [0.29, 0.717) is 10.0 Å². The first kappa shape index (κ1) is 10.2. The van der Waals surface area contributed by atoms with E-state index < -0.39 is 11.8 Å². The minimum atomic E-state index is -0.537. The monoisotopic (exact) mass is 246 g/mol. The summed E-state index contributed by atoms with van der Waals surface area (Å²) in [6.07, 6.45) is 0. The Kier molecular flexibility index (Phi) is 3.03. The van der Waals surface area contributed by atoms with E-state index in [1.807, 2.05) is 0 Å². The van der Waals surface area contributed by atoms with Crippen molar-refractivity contribution in [2.45, 2.75) is 13.8 Å². The minimum absolute atomic E-state index is 0.0486. The zero-order valence-corrected chi connectivity index (χ0v) is 8.81. The van der Waals surface area contributed by atoms with Gasteiger partial charge in [0.2, 0.25) is 0 Å². The summed E-state index contributed by atoms with van der Waals surface area (Å²) in [5.74, 6) is -1.10. The van der Waals surface area contributed by atoms with Gasteiger partial charge in [-0.15, -0.1) is 0 Å². The minimum Gasteiger partial charge on any atom is -0.422 e. The smallest absolute Gasteiger partial charge is 0.308 e. The third-order valence-electron chi connectivity index (χ3n) is 1.49. The lowest BCUT2D eigenvalue weighted by atomic mass is 10.2. The molecule has 13 heavy (non-hydrogen) atoms. The summed E-state index contributed by atoms with van der Waals surface area (Å²) >= 11 is 3.09. The molecule has 0 radical (unpaired) electrons. The number of carbonyl (C=O) groups excluding carboxylic acids is 1. The van der Waals surface area contributed by atoms with E-state index >= 15 is 0 Å². The molecule has 0 heterocycles. The third kappa shape index (κ3) is 2.28. The lowest BCUT2D eigenvalue weighted by Crippen LogP contribution is -2.04. The van der Waals surface area contributed by atoms with Gasteiger partial charge in [0.25, 0.3) is 0 Å². The fraction of sp³-hybridized carbons (Fsp3) is 0.222. The van der Waals surface area contributed by atoms with Crippen LogP contribution in [0.4, 0.5) is 4.39 Å². The predicted molar refractivity (Wildman–Crippen MR) is 50.1 cm³/mol. The number of ether oxygens (including phenoxy) is 1. The van der Waals surface area contributed by atoms with Gasteiger partial charge in [-0.05, 0) is 34.5 Å². The predicted octanol–water partition coefficient (Wildman–Crippen LogP) is 2.82. The Morgan fingerprint density at radius 3 is 2.69 bits per heavy atom. The standard InChI is InChI=1S/C9H8BrFO2/c1-5-3-4-7(10)9(8(5)11)13-6(2)12/h3-4H,1-2H3. The molecule has 0 aliphatic carbocycles. The van der Waals surface area contributed by atoms with Crippen molar-refractivity contribution in [3.8, 4) is 5.75 Å². The van der Waals surface area contributed by atoms with Crippen LogP contribution in [0.1, 0.15) is 12.5 Å². The molecule has 0 atom stereocenters. The summed E-state index contributed by atoms with van der Waals surface area (Å²) in [6, 6.07) is 3.24. The summed E-state index contributed by atoms with van der Waals surface area (Å²) in [5.41, 5.74) is 0.444. The zero-order chi connectivity index (χ0) is 10.0. The molecule has 0 saturated carbocycles. The van der Waals surface area contributed by atoms with E-state index in [2.05, 4.69) is 15.9 Å². The molecular weight excluding hydrogens is 239 g/mol. The average molecular weight is 247 g/mol. The highest BCUT2D eigenvalue weighted by molar-refractivity contribution is 9.10. The highest BCUT2D eigenvalue weighted by Crippen LogP contribution is 2.30. The third-order valence-corrected chi connectivity index (χ3v) is 2.11. The van der Waals surface area contributed by atoms with Gasteiger partial charge < -0.3 is 4.74 Å². The van der Waals surface area contributed by atoms with Crippen LogP contribution >= 0.6 is 15.9 Å². The molecule has 0 amide bonds. The van der Waals surface area contributed by atoms with Crippen LogP contribution < -0.4 is 4.74 Å². The fourth-order valence-electron chi connectivity index (χ4n) is 0.868. The van der Waals surface area contributed by atoms with Gasteiger partial charge in [-0.25, -0.2) is 4.39 Å². The Morgan fingerprint density at radius 2 is 2.15 bits per heavy atom. The molecule has 1 aromatic carbocycles. The molecule has 1 aromatic rings. The van der Waals surface area contributed by atoms with Crippen LogP contribution in [0, 0.1) is 12.7 Å². The van der Waals surface area contributed by atoms with Gasteiger partial charge in [0.15, 0.2) is 11.6 Å². The summed E-state index contributed by atoms with van der Waals surface area (Å²) in [7, 11) is 0. The van der Waals surface area contributed by atoms with Crippen molar-refractivity contribution in [3.05, 3.63) is 28.0 Å². The quantitative estimate of drug-likeness (QED) is 0.563. The Morgan fingerprint density at radius 1 is 1.54 bits per heavy atom. The van der Waals surface area contributed by atoms with Crippen LogP contribution in [0.3, 0.4) is 0 Å². The van der Waals surface area contributed by atoms with Crippen LogP contribution in [0.25, 0.3) is 0 Å². The fourth-order valence-corrected chi connectivity index (χ4v) is 1.26. The Balaban J connectivity index is 3.17. The second-order valence-electron chi connectivity index (χ2n) is 2.60. The number of esters is 1. The first-order chi connectivity index (χ1) is 6.02. The van der Waals surface area contributed by atoms with Crippen molar-refractivity contribution in [2.24, 2.45) is 0 Å². The highest BCUT2D eigenvalue weighted by Gasteiger charge is 2.12. The molecule has 0 saturated heterocycles. The number of benzene rings is 1. The SMILES string of the molecule is CC(=O)Oc1c(Br)ccc(C)c1F. The second kappa shape index (κ2) is 3.87. The maximum Gasteiger partial charge on any atom is 0.308 e. The Bertz CT molecular complexity index is 350. The van der Waals surface area contributed by atoms with E-state index in [1.54, 1.807) is 19.1 Å². The maximum atomic E-state index is 13.3. The Hall–Kier alpha value is -0.900. The number of hydrogen-bond donors (Lipinski definition) is 0. The molecule has 0 spiro atoms. The van der Waals surface area contributed by atoms with E-state index in [0.717, 1.165) is 0 Å². The number of aryl methyl sites for hydroxylation is 1. The van der Waals surface area contributed by atoms with Gasteiger partial charge in [-0.3, -0.25) is 4.79 Å². The molecule has 0 bridgehead atoms. The highest BCUT2D eigenvalue weighted by atomic mass is 79.9. The van der Waals surface area contributed by atoms with E-state index in [9.17, 15) is 9.18 Å². The average Bonchev–Trinajstić information content (AvgIpc) is 2.05. The number of rotatable bonds is 1. The Labute approximate surface area is 83.8 Å². The lowest BCUT2D eigenvalue weighted by molar-refractivity contribution is -0.132. The summed E-state index contributed by atoms with van der Waals surface area (Å²) in [5, 5.41) is 0. The largest absolute Gasteiger partial charge is 0.422 e. The van der Waals surface area contributed by atoms with Crippen molar-refractivity contribution in [1.82, 2.24) is 0 Å². The normalized spacial score (nSPS) is 9.85. The van der Waals surface area contributed by atoms with E-state index in [1.165, 1.54) is 6.92 Å². The first-order valence-corrected chi connectivity index (χ1v) is 4.44.